The molecule has 5 heteroatoms. The third-order valence-electron chi connectivity index (χ3n) is 2.92. The lowest BCUT2D eigenvalue weighted by molar-refractivity contribution is -0.117. The van der Waals surface area contributed by atoms with Gasteiger partial charge in [-0.05, 0) is 23.8 Å². The number of rotatable bonds is 4. The molecule has 0 saturated heterocycles. The van der Waals surface area contributed by atoms with Crippen molar-refractivity contribution in [2.24, 2.45) is 5.73 Å². The first-order chi connectivity index (χ1) is 9.50. The van der Waals surface area contributed by atoms with Crippen molar-refractivity contribution in [2.45, 2.75) is 6.42 Å². The maximum absolute atomic E-state index is 12.4. The predicted octanol–water partition coefficient (Wildman–Crippen LogP) is 2.18. The van der Waals surface area contributed by atoms with Crippen molar-refractivity contribution in [2.75, 3.05) is 5.73 Å². The first-order valence-electron chi connectivity index (χ1n) is 5.95. The van der Waals surface area contributed by atoms with Gasteiger partial charge >= 0.3 is 0 Å². The van der Waals surface area contributed by atoms with Crippen molar-refractivity contribution in [1.82, 2.24) is 0 Å². The van der Waals surface area contributed by atoms with E-state index >= 15 is 0 Å². The number of amides is 1. The first kappa shape index (κ1) is 14.1. The van der Waals surface area contributed by atoms with Crippen LogP contribution in [0.4, 0.5) is 5.69 Å². The van der Waals surface area contributed by atoms with E-state index in [0.29, 0.717) is 21.7 Å². The number of para-hydroxylation sites is 1. The standard InChI is InChI=1S/C15H13ClN2O2/c16-12-7-2-1-5-10(12)15(20)11-6-3-4-9(14(11)18)8-13(17)19/h1-7H,8,18H2,(H2,17,19). The largest absolute Gasteiger partial charge is 0.398 e. The van der Waals surface area contributed by atoms with Gasteiger partial charge in [-0.1, -0.05) is 35.9 Å². The van der Waals surface area contributed by atoms with Crippen molar-refractivity contribution in [1.29, 1.82) is 0 Å². The van der Waals surface area contributed by atoms with Crippen LogP contribution in [0.3, 0.4) is 0 Å². The van der Waals surface area contributed by atoms with Crippen LogP contribution in [0, 0.1) is 0 Å². The van der Waals surface area contributed by atoms with Crippen molar-refractivity contribution < 1.29 is 9.59 Å². The Morgan fingerprint density at radius 2 is 1.65 bits per heavy atom. The van der Waals surface area contributed by atoms with E-state index in [2.05, 4.69) is 0 Å². The summed E-state index contributed by atoms with van der Waals surface area (Å²) in [5, 5.41) is 0.359. The number of ketones is 1. The summed E-state index contributed by atoms with van der Waals surface area (Å²) in [6.07, 6.45) is -0.00449. The molecule has 0 unspecified atom stereocenters. The third kappa shape index (κ3) is 2.81. The lowest BCUT2D eigenvalue weighted by Crippen LogP contribution is -2.16. The maximum Gasteiger partial charge on any atom is 0.221 e. The number of halogens is 1. The van der Waals surface area contributed by atoms with Gasteiger partial charge in [-0.15, -0.1) is 0 Å². The number of hydrogen-bond acceptors (Lipinski definition) is 3. The average molecular weight is 289 g/mol. The fourth-order valence-corrected chi connectivity index (χ4v) is 2.16. The Morgan fingerprint density at radius 3 is 2.30 bits per heavy atom. The minimum Gasteiger partial charge on any atom is -0.398 e. The summed E-state index contributed by atoms with van der Waals surface area (Å²) in [7, 11) is 0. The molecule has 20 heavy (non-hydrogen) atoms. The summed E-state index contributed by atoms with van der Waals surface area (Å²) >= 11 is 6.01. The summed E-state index contributed by atoms with van der Waals surface area (Å²) in [4.78, 5) is 23.4. The Morgan fingerprint density at radius 1 is 1.00 bits per heavy atom. The van der Waals surface area contributed by atoms with Crippen LogP contribution in [0.15, 0.2) is 42.5 Å². The fraction of sp³-hybridized carbons (Fsp3) is 0.0667. The normalized spacial score (nSPS) is 10.2. The molecule has 2 aromatic rings. The zero-order valence-corrected chi connectivity index (χ0v) is 11.4. The summed E-state index contributed by atoms with van der Waals surface area (Å²) in [5.41, 5.74) is 12.6. The molecular formula is C15H13ClN2O2. The van der Waals surface area contributed by atoms with Crippen LogP contribution < -0.4 is 11.5 Å². The SMILES string of the molecule is NC(=O)Cc1cccc(C(=O)c2ccccc2Cl)c1N. The van der Waals surface area contributed by atoms with Gasteiger partial charge in [0.25, 0.3) is 0 Å². The van der Waals surface area contributed by atoms with E-state index in [1.54, 1.807) is 42.5 Å². The second-order valence-corrected chi connectivity index (χ2v) is 4.74. The van der Waals surface area contributed by atoms with Gasteiger partial charge in [-0.25, -0.2) is 0 Å². The molecule has 0 aliphatic rings. The van der Waals surface area contributed by atoms with Gasteiger partial charge in [0.05, 0.1) is 11.4 Å². The maximum atomic E-state index is 12.4. The molecule has 102 valence electrons. The fourth-order valence-electron chi connectivity index (χ4n) is 1.94. The highest BCUT2D eigenvalue weighted by Gasteiger charge is 2.17. The molecular weight excluding hydrogens is 276 g/mol. The van der Waals surface area contributed by atoms with Crippen LogP contribution in [0.2, 0.25) is 5.02 Å². The minimum absolute atomic E-state index is 0.00449. The second-order valence-electron chi connectivity index (χ2n) is 4.33. The third-order valence-corrected chi connectivity index (χ3v) is 3.25. The van der Waals surface area contributed by atoms with Crippen molar-refractivity contribution in [3.8, 4) is 0 Å². The molecule has 0 heterocycles. The number of carbonyl (C=O) groups is 2. The van der Waals surface area contributed by atoms with Gasteiger partial charge in [0, 0.05) is 16.8 Å². The number of carbonyl (C=O) groups excluding carboxylic acids is 2. The molecule has 1 amide bonds. The molecule has 4 nitrogen and oxygen atoms in total. The van der Waals surface area contributed by atoms with E-state index in [1.807, 2.05) is 0 Å². The van der Waals surface area contributed by atoms with Crippen LogP contribution in [0.25, 0.3) is 0 Å². The molecule has 2 rings (SSSR count). The summed E-state index contributed by atoms with van der Waals surface area (Å²) in [6.45, 7) is 0. The smallest absolute Gasteiger partial charge is 0.221 e. The Kier molecular flexibility index (Phi) is 4.05. The highest BCUT2D eigenvalue weighted by atomic mass is 35.5. The topological polar surface area (TPSA) is 86.2 Å². The molecule has 0 radical (unpaired) electrons. The van der Waals surface area contributed by atoms with E-state index in [9.17, 15) is 9.59 Å². The summed E-state index contributed by atoms with van der Waals surface area (Å²) in [6, 6.07) is 11.7. The minimum atomic E-state index is -0.501. The Hall–Kier alpha value is -2.33. The number of anilines is 1. The molecule has 0 aliphatic carbocycles. The zero-order chi connectivity index (χ0) is 14.7. The van der Waals surface area contributed by atoms with E-state index < -0.39 is 5.91 Å². The Labute approximate surface area is 121 Å². The molecule has 0 bridgehead atoms. The highest BCUT2D eigenvalue weighted by Crippen LogP contribution is 2.24. The molecule has 0 fully saturated rings. The van der Waals surface area contributed by atoms with Gasteiger partial charge in [-0.3, -0.25) is 9.59 Å². The average Bonchev–Trinajstić information content (AvgIpc) is 2.40. The van der Waals surface area contributed by atoms with Crippen LogP contribution >= 0.6 is 11.6 Å². The van der Waals surface area contributed by atoms with Crippen molar-refractivity contribution in [3.63, 3.8) is 0 Å². The number of nitrogens with two attached hydrogens (primary N) is 2. The first-order valence-corrected chi connectivity index (χ1v) is 6.33. The van der Waals surface area contributed by atoms with Gasteiger partial charge in [-0.2, -0.15) is 0 Å². The molecule has 4 N–H and O–H groups in total. The molecule has 0 aromatic heterocycles. The van der Waals surface area contributed by atoms with Crippen LogP contribution in [0.1, 0.15) is 21.5 Å². The predicted molar refractivity (Wildman–Crippen MR) is 78.6 cm³/mol. The number of primary amides is 1. The van der Waals surface area contributed by atoms with Gasteiger partial charge in [0.2, 0.25) is 5.91 Å². The lowest BCUT2D eigenvalue weighted by Gasteiger charge is -2.10. The van der Waals surface area contributed by atoms with Crippen molar-refractivity contribution in [3.05, 3.63) is 64.2 Å². The number of hydrogen-bond donors (Lipinski definition) is 2. The lowest BCUT2D eigenvalue weighted by atomic mass is 9.97. The van der Waals surface area contributed by atoms with Crippen LogP contribution in [-0.2, 0) is 11.2 Å². The van der Waals surface area contributed by atoms with Crippen LogP contribution in [-0.4, -0.2) is 11.7 Å². The number of benzene rings is 2. The van der Waals surface area contributed by atoms with Gasteiger partial charge in [0.15, 0.2) is 5.78 Å². The second kappa shape index (κ2) is 5.75. The van der Waals surface area contributed by atoms with Crippen molar-refractivity contribution >= 4 is 29.0 Å². The Bertz CT molecular complexity index is 683. The van der Waals surface area contributed by atoms with Gasteiger partial charge < -0.3 is 11.5 Å². The Balaban J connectivity index is 2.46. The van der Waals surface area contributed by atoms with E-state index in [1.165, 1.54) is 0 Å². The van der Waals surface area contributed by atoms with Gasteiger partial charge in [0.1, 0.15) is 0 Å². The summed E-state index contributed by atoms with van der Waals surface area (Å²) in [5.74, 6) is -0.779. The monoisotopic (exact) mass is 288 g/mol. The van der Waals surface area contributed by atoms with E-state index in [4.69, 9.17) is 23.1 Å². The van der Waals surface area contributed by atoms with E-state index in [0.717, 1.165) is 0 Å². The molecule has 2 aromatic carbocycles. The molecule has 0 spiro atoms. The molecule has 0 atom stereocenters. The molecule has 0 aliphatic heterocycles. The number of nitrogen functional groups attached to an aromatic ring is 1. The van der Waals surface area contributed by atoms with Crippen LogP contribution in [0.5, 0.6) is 0 Å². The molecule has 0 saturated carbocycles. The zero-order valence-electron chi connectivity index (χ0n) is 10.6. The van der Waals surface area contributed by atoms with E-state index in [-0.39, 0.29) is 17.9 Å². The summed E-state index contributed by atoms with van der Waals surface area (Å²) < 4.78 is 0. The quantitative estimate of drug-likeness (QED) is 0.668. The highest BCUT2D eigenvalue weighted by molar-refractivity contribution is 6.35.